The van der Waals surface area contributed by atoms with Gasteiger partial charge in [0.1, 0.15) is 0 Å². The van der Waals surface area contributed by atoms with Crippen molar-refractivity contribution in [3.63, 3.8) is 0 Å². The molecule has 3 aromatic rings. The topological polar surface area (TPSA) is 66.2 Å². The van der Waals surface area contributed by atoms with Gasteiger partial charge in [0.25, 0.3) is 0 Å². The van der Waals surface area contributed by atoms with E-state index in [2.05, 4.69) is 10.3 Å². The van der Waals surface area contributed by atoms with Crippen LogP contribution in [-0.2, 0) is 0 Å². The van der Waals surface area contributed by atoms with Crippen LogP contribution < -0.4 is 9.47 Å². The minimum Gasteiger partial charge on any atom is -0.490 e. The third kappa shape index (κ3) is 3.46. The van der Waals surface area contributed by atoms with Gasteiger partial charge in [-0.05, 0) is 37.3 Å². The Balaban J connectivity index is 1.60. The third-order valence-electron chi connectivity index (χ3n) is 4.34. The molecule has 27 heavy (non-hydrogen) atoms. The molecule has 0 unspecified atom stereocenters. The van der Waals surface area contributed by atoms with Crippen LogP contribution in [0.15, 0.2) is 54.6 Å². The minimum absolute atomic E-state index is 0.207. The maximum Gasteiger partial charge on any atom is 0.208 e. The second-order valence-electron chi connectivity index (χ2n) is 6.19. The van der Waals surface area contributed by atoms with Crippen LogP contribution in [0.2, 0.25) is 0 Å². The van der Waals surface area contributed by atoms with Crippen molar-refractivity contribution in [2.24, 2.45) is 0 Å². The molecule has 0 fully saturated rings. The van der Waals surface area contributed by atoms with Crippen molar-refractivity contribution in [2.75, 3.05) is 13.2 Å². The Bertz CT molecular complexity index is 993. The van der Waals surface area contributed by atoms with E-state index in [-0.39, 0.29) is 5.78 Å². The minimum atomic E-state index is -0.207. The lowest BCUT2D eigenvalue weighted by atomic mass is 10.1. The number of nitrogens with zero attached hydrogens (tertiary/aromatic N) is 3. The van der Waals surface area contributed by atoms with Gasteiger partial charge in [-0.2, -0.15) is 0 Å². The smallest absolute Gasteiger partial charge is 0.208 e. The molecule has 0 N–H and O–H groups in total. The molecule has 0 bridgehead atoms. The summed E-state index contributed by atoms with van der Waals surface area (Å²) in [5.74, 6) is 1.17. The van der Waals surface area contributed by atoms with Gasteiger partial charge in [-0.1, -0.05) is 35.5 Å². The molecule has 0 saturated carbocycles. The lowest BCUT2D eigenvalue weighted by Gasteiger charge is -2.09. The molecule has 1 aliphatic rings. The lowest BCUT2D eigenvalue weighted by Crippen LogP contribution is -2.01. The molecular weight excluding hydrogens is 342 g/mol. The molecule has 0 saturated heterocycles. The molecule has 4 rings (SSSR count). The SMILES string of the molecule is Cc1c(C(=O)/C=C/c2cccc3c2OCCCO3)nnn1-c1ccccc1. The number of rotatable bonds is 4. The summed E-state index contributed by atoms with van der Waals surface area (Å²) in [6.07, 6.45) is 4.06. The number of allylic oxidation sites excluding steroid dienone is 1. The van der Waals surface area contributed by atoms with Crippen molar-refractivity contribution >= 4 is 11.9 Å². The Morgan fingerprint density at radius 2 is 1.89 bits per heavy atom. The van der Waals surface area contributed by atoms with Crippen molar-refractivity contribution in [3.05, 3.63) is 71.6 Å². The first-order valence-electron chi connectivity index (χ1n) is 8.83. The van der Waals surface area contributed by atoms with Crippen molar-refractivity contribution in [3.8, 4) is 17.2 Å². The molecule has 2 heterocycles. The van der Waals surface area contributed by atoms with Crippen LogP contribution in [0, 0.1) is 6.92 Å². The number of hydrogen-bond acceptors (Lipinski definition) is 5. The van der Waals surface area contributed by atoms with Gasteiger partial charge in [-0.15, -0.1) is 5.10 Å². The summed E-state index contributed by atoms with van der Waals surface area (Å²) in [5.41, 5.74) is 2.69. The molecule has 136 valence electrons. The normalized spacial score (nSPS) is 13.5. The highest BCUT2D eigenvalue weighted by molar-refractivity contribution is 6.06. The van der Waals surface area contributed by atoms with Gasteiger partial charge >= 0.3 is 0 Å². The quantitative estimate of drug-likeness (QED) is 0.524. The summed E-state index contributed by atoms with van der Waals surface area (Å²) in [6.45, 7) is 3.05. The first kappa shape index (κ1) is 17.0. The molecule has 6 nitrogen and oxygen atoms in total. The van der Waals surface area contributed by atoms with Gasteiger partial charge in [0.2, 0.25) is 5.78 Å². The van der Waals surface area contributed by atoms with Crippen molar-refractivity contribution in [1.82, 2.24) is 15.0 Å². The summed E-state index contributed by atoms with van der Waals surface area (Å²) in [7, 11) is 0. The van der Waals surface area contributed by atoms with E-state index in [1.54, 1.807) is 10.8 Å². The highest BCUT2D eigenvalue weighted by Crippen LogP contribution is 2.34. The molecule has 1 aliphatic heterocycles. The fourth-order valence-corrected chi connectivity index (χ4v) is 2.96. The van der Waals surface area contributed by atoms with Gasteiger partial charge in [0, 0.05) is 12.0 Å². The lowest BCUT2D eigenvalue weighted by molar-refractivity contribution is 0.104. The van der Waals surface area contributed by atoms with Gasteiger partial charge in [0.15, 0.2) is 17.2 Å². The molecule has 0 amide bonds. The van der Waals surface area contributed by atoms with Crippen molar-refractivity contribution in [2.45, 2.75) is 13.3 Å². The van der Waals surface area contributed by atoms with Gasteiger partial charge in [-0.25, -0.2) is 4.68 Å². The van der Waals surface area contributed by atoms with E-state index >= 15 is 0 Å². The van der Waals surface area contributed by atoms with Gasteiger partial charge < -0.3 is 9.47 Å². The Hall–Kier alpha value is -3.41. The van der Waals surface area contributed by atoms with Crippen molar-refractivity contribution in [1.29, 1.82) is 0 Å². The highest BCUT2D eigenvalue weighted by Gasteiger charge is 2.16. The van der Waals surface area contributed by atoms with Crippen LogP contribution in [0.25, 0.3) is 11.8 Å². The summed E-state index contributed by atoms with van der Waals surface area (Å²) in [5, 5.41) is 8.17. The molecule has 0 radical (unpaired) electrons. The Labute approximate surface area is 157 Å². The molecule has 0 spiro atoms. The fraction of sp³-hybridized carbons (Fsp3) is 0.190. The number of aromatic nitrogens is 3. The highest BCUT2D eigenvalue weighted by atomic mass is 16.5. The number of ether oxygens (including phenoxy) is 2. The maximum atomic E-state index is 12.6. The van der Waals surface area contributed by atoms with E-state index in [0.717, 1.165) is 17.7 Å². The monoisotopic (exact) mass is 361 g/mol. The summed E-state index contributed by atoms with van der Waals surface area (Å²) >= 11 is 0. The Morgan fingerprint density at radius 3 is 2.74 bits per heavy atom. The van der Waals surface area contributed by atoms with Crippen LogP contribution in [0.3, 0.4) is 0 Å². The number of para-hydroxylation sites is 2. The van der Waals surface area contributed by atoms with E-state index in [9.17, 15) is 4.79 Å². The summed E-state index contributed by atoms with van der Waals surface area (Å²) in [4.78, 5) is 12.6. The second kappa shape index (κ2) is 7.45. The standard InChI is InChI=1S/C21H19N3O3/c1-15-20(22-23-24(15)17-8-3-2-4-9-17)18(25)12-11-16-7-5-10-19-21(16)27-14-6-13-26-19/h2-5,7-12H,6,13-14H2,1H3/b12-11+. The summed E-state index contributed by atoms with van der Waals surface area (Å²) in [6, 6.07) is 15.3. The molecular formula is C21H19N3O3. The largest absolute Gasteiger partial charge is 0.490 e. The van der Waals surface area contributed by atoms with Gasteiger partial charge in [-0.3, -0.25) is 4.79 Å². The third-order valence-corrected chi connectivity index (χ3v) is 4.34. The Kier molecular flexibility index (Phi) is 4.70. The number of benzene rings is 2. The predicted molar refractivity (Wildman–Crippen MR) is 102 cm³/mol. The van der Waals surface area contributed by atoms with E-state index in [0.29, 0.717) is 36.1 Å². The van der Waals surface area contributed by atoms with Crippen molar-refractivity contribution < 1.29 is 14.3 Å². The predicted octanol–water partition coefficient (Wildman–Crippen LogP) is 3.63. The number of hydrogen-bond donors (Lipinski definition) is 0. The number of fused-ring (bicyclic) bond motifs is 1. The first-order valence-corrected chi connectivity index (χ1v) is 8.83. The average Bonchev–Trinajstić information content (AvgIpc) is 2.92. The Morgan fingerprint density at radius 1 is 1.07 bits per heavy atom. The van der Waals surface area contributed by atoms with E-state index in [1.807, 2.05) is 55.5 Å². The van der Waals surface area contributed by atoms with Crippen LogP contribution in [0.4, 0.5) is 0 Å². The molecule has 1 aromatic heterocycles. The van der Waals surface area contributed by atoms with E-state index in [4.69, 9.17) is 9.47 Å². The van der Waals surface area contributed by atoms with Crippen LogP contribution in [0.1, 0.15) is 28.2 Å². The second-order valence-corrected chi connectivity index (χ2v) is 6.19. The maximum absolute atomic E-state index is 12.6. The van der Waals surface area contributed by atoms with E-state index < -0.39 is 0 Å². The van der Waals surface area contributed by atoms with Crippen LogP contribution in [0.5, 0.6) is 11.5 Å². The zero-order valence-electron chi connectivity index (χ0n) is 15.0. The molecule has 0 aliphatic carbocycles. The van der Waals surface area contributed by atoms with Crippen LogP contribution >= 0.6 is 0 Å². The average molecular weight is 361 g/mol. The number of ketones is 1. The van der Waals surface area contributed by atoms with Crippen LogP contribution in [-0.4, -0.2) is 34.0 Å². The number of carbonyl (C=O) groups is 1. The van der Waals surface area contributed by atoms with Gasteiger partial charge in [0.05, 0.1) is 24.6 Å². The first-order chi connectivity index (χ1) is 13.2. The zero-order valence-corrected chi connectivity index (χ0v) is 15.0. The molecule has 0 atom stereocenters. The molecule has 6 heteroatoms. The molecule has 2 aromatic carbocycles. The summed E-state index contributed by atoms with van der Waals surface area (Å²) < 4.78 is 13.1. The zero-order chi connectivity index (χ0) is 18.6. The van der Waals surface area contributed by atoms with E-state index in [1.165, 1.54) is 6.08 Å². The number of carbonyl (C=O) groups excluding carboxylic acids is 1. The fourth-order valence-electron chi connectivity index (χ4n) is 2.96.